The fraction of sp³-hybridized carbons (Fsp3) is 0.211. The molecular weight excluding hydrogens is 346 g/mol. The lowest BCUT2D eigenvalue weighted by atomic mass is 10.0. The number of fused-ring (bicyclic) bond motifs is 1. The zero-order chi connectivity index (χ0) is 18.8. The van der Waals surface area contributed by atoms with E-state index >= 15 is 0 Å². The molecule has 0 spiro atoms. The van der Waals surface area contributed by atoms with Crippen LogP contribution < -0.4 is 4.90 Å². The number of pyridine rings is 1. The third kappa shape index (κ3) is 3.17. The second-order valence-electron chi connectivity index (χ2n) is 6.25. The lowest BCUT2D eigenvalue weighted by Gasteiger charge is -2.39. The van der Waals surface area contributed by atoms with E-state index in [1.54, 1.807) is 54.0 Å². The Morgan fingerprint density at radius 1 is 1.04 bits per heavy atom. The van der Waals surface area contributed by atoms with Crippen LogP contribution in [0.15, 0.2) is 55.1 Å². The third-order valence-electron chi connectivity index (χ3n) is 4.67. The number of benzene rings is 1. The minimum atomic E-state index is -1.05. The summed E-state index contributed by atoms with van der Waals surface area (Å²) in [5.41, 5.74) is 0.477. The monoisotopic (exact) mass is 363 g/mol. The Balaban J connectivity index is 1.64. The van der Waals surface area contributed by atoms with Gasteiger partial charge in [-0.15, -0.1) is 0 Å². The molecule has 4 rings (SSSR count). The second kappa shape index (κ2) is 6.99. The number of rotatable bonds is 3. The highest BCUT2D eigenvalue weighted by molar-refractivity contribution is 6.07. The zero-order valence-electron chi connectivity index (χ0n) is 14.4. The lowest BCUT2D eigenvalue weighted by molar-refractivity contribution is -0.142. The molecule has 27 heavy (non-hydrogen) atoms. The predicted octanol–water partition coefficient (Wildman–Crippen LogP) is 1.44. The van der Waals surface area contributed by atoms with Crippen molar-refractivity contribution in [2.75, 3.05) is 24.5 Å². The highest BCUT2D eigenvalue weighted by Crippen LogP contribution is 2.22. The van der Waals surface area contributed by atoms with Crippen molar-refractivity contribution in [3.05, 3.63) is 60.7 Å². The van der Waals surface area contributed by atoms with Gasteiger partial charge in [0.15, 0.2) is 0 Å². The number of anilines is 1. The molecule has 1 aliphatic rings. The number of amides is 1. The topological polar surface area (TPSA) is 99.5 Å². The maximum absolute atomic E-state index is 13.2. The van der Waals surface area contributed by atoms with Crippen LogP contribution in [0.2, 0.25) is 0 Å². The summed E-state index contributed by atoms with van der Waals surface area (Å²) in [6.07, 6.45) is 6.53. The first-order valence-electron chi connectivity index (χ1n) is 8.53. The lowest BCUT2D eigenvalue weighted by Crippen LogP contribution is -2.58. The van der Waals surface area contributed by atoms with Gasteiger partial charge in [0.2, 0.25) is 5.95 Å². The molecule has 1 fully saturated rings. The SMILES string of the molecule is O=C(O)[C@H]1CN(c2ncccn2)CCN1C(=O)c1cccc2cnccc12. The number of carboxylic acids is 1. The maximum Gasteiger partial charge on any atom is 0.328 e. The summed E-state index contributed by atoms with van der Waals surface area (Å²) < 4.78 is 0. The van der Waals surface area contributed by atoms with Crippen molar-refractivity contribution in [2.24, 2.45) is 0 Å². The van der Waals surface area contributed by atoms with Gasteiger partial charge < -0.3 is 14.9 Å². The van der Waals surface area contributed by atoms with Crippen molar-refractivity contribution in [2.45, 2.75) is 6.04 Å². The van der Waals surface area contributed by atoms with Gasteiger partial charge in [0.25, 0.3) is 5.91 Å². The molecule has 136 valence electrons. The standard InChI is InChI=1S/C19H17N5O3/c25-17(15-4-1-3-13-11-20-8-5-14(13)15)24-10-9-23(12-16(24)18(26)27)19-21-6-2-7-22-19/h1-8,11,16H,9-10,12H2,(H,26,27)/t16-/m1/s1. The fourth-order valence-corrected chi connectivity index (χ4v) is 3.34. The van der Waals surface area contributed by atoms with Crippen molar-refractivity contribution in [1.82, 2.24) is 19.9 Å². The van der Waals surface area contributed by atoms with Gasteiger partial charge in [0, 0.05) is 48.8 Å². The van der Waals surface area contributed by atoms with Gasteiger partial charge in [-0.1, -0.05) is 12.1 Å². The number of hydrogen-bond acceptors (Lipinski definition) is 6. The molecule has 0 saturated carbocycles. The Labute approximate surface area is 155 Å². The number of aromatic nitrogens is 3. The summed E-state index contributed by atoms with van der Waals surface area (Å²) in [7, 11) is 0. The number of aliphatic carboxylic acids is 1. The average molecular weight is 363 g/mol. The van der Waals surface area contributed by atoms with E-state index in [2.05, 4.69) is 15.0 Å². The van der Waals surface area contributed by atoms with Gasteiger partial charge in [0.1, 0.15) is 6.04 Å². The van der Waals surface area contributed by atoms with Crippen LogP contribution in [0.4, 0.5) is 5.95 Å². The van der Waals surface area contributed by atoms with Crippen molar-refractivity contribution >= 4 is 28.6 Å². The molecule has 3 heterocycles. The first kappa shape index (κ1) is 16.9. The molecule has 1 amide bonds. The molecule has 0 radical (unpaired) electrons. The van der Waals surface area contributed by atoms with Crippen molar-refractivity contribution in [3.63, 3.8) is 0 Å². The van der Waals surface area contributed by atoms with E-state index in [1.807, 2.05) is 6.07 Å². The van der Waals surface area contributed by atoms with Crippen LogP contribution in [0, 0.1) is 0 Å². The van der Waals surface area contributed by atoms with E-state index in [1.165, 1.54) is 4.90 Å². The van der Waals surface area contributed by atoms with Crippen LogP contribution in [-0.4, -0.2) is 62.5 Å². The molecule has 0 aliphatic carbocycles. The fourth-order valence-electron chi connectivity index (χ4n) is 3.34. The minimum Gasteiger partial charge on any atom is -0.480 e. The zero-order valence-corrected chi connectivity index (χ0v) is 14.4. The molecule has 1 aromatic carbocycles. The Bertz CT molecular complexity index is 990. The molecule has 0 bridgehead atoms. The summed E-state index contributed by atoms with van der Waals surface area (Å²) in [5.74, 6) is -0.884. The van der Waals surface area contributed by atoms with Gasteiger partial charge in [-0.25, -0.2) is 14.8 Å². The Kier molecular flexibility index (Phi) is 4.37. The minimum absolute atomic E-state index is 0.136. The van der Waals surface area contributed by atoms with E-state index in [9.17, 15) is 14.7 Å². The molecule has 1 saturated heterocycles. The van der Waals surface area contributed by atoms with E-state index in [-0.39, 0.29) is 19.0 Å². The van der Waals surface area contributed by atoms with Crippen molar-refractivity contribution in [3.8, 4) is 0 Å². The van der Waals surface area contributed by atoms with Crippen molar-refractivity contribution in [1.29, 1.82) is 0 Å². The van der Waals surface area contributed by atoms with Gasteiger partial charge >= 0.3 is 5.97 Å². The molecule has 1 atom stereocenters. The largest absolute Gasteiger partial charge is 0.480 e. The van der Waals surface area contributed by atoms with Gasteiger partial charge in [-0.2, -0.15) is 0 Å². The Hall–Kier alpha value is -3.55. The number of carbonyl (C=O) groups excluding carboxylic acids is 1. The summed E-state index contributed by atoms with van der Waals surface area (Å²) >= 11 is 0. The molecule has 0 unspecified atom stereocenters. The number of carbonyl (C=O) groups is 2. The maximum atomic E-state index is 13.2. The van der Waals surface area contributed by atoms with Crippen LogP contribution >= 0.6 is 0 Å². The average Bonchev–Trinajstić information content (AvgIpc) is 2.73. The van der Waals surface area contributed by atoms with E-state index < -0.39 is 12.0 Å². The van der Waals surface area contributed by atoms with Crippen LogP contribution in [0.5, 0.6) is 0 Å². The van der Waals surface area contributed by atoms with Crippen LogP contribution in [-0.2, 0) is 4.79 Å². The van der Waals surface area contributed by atoms with Gasteiger partial charge in [0.05, 0.1) is 6.54 Å². The highest BCUT2D eigenvalue weighted by Gasteiger charge is 2.36. The number of piperazine rings is 1. The third-order valence-corrected chi connectivity index (χ3v) is 4.67. The summed E-state index contributed by atoms with van der Waals surface area (Å²) in [5, 5.41) is 11.3. The van der Waals surface area contributed by atoms with Crippen LogP contribution in [0.25, 0.3) is 10.8 Å². The Morgan fingerprint density at radius 3 is 2.63 bits per heavy atom. The predicted molar refractivity (Wildman–Crippen MR) is 98.4 cm³/mol. The molecule has 8 heteroatoms. The summed E-state index contributed by atoms with van der Waals surface area (Å²) in [4.78, 5) is 40.7. The van der Waals surface area contributed by atoms with Crippen LogP contribution in [0.1, 0.15) is 10.4 Å². The smallest absolute Gasteiger partial charge is 0.328 e. The highest BCUT2D eigenvalue weighted by atomic mass is 16.4. The molecule has 2 aromatic heterocycles. The van der Waals surface area contributed by atoms with Crippen molar-refractivity contribution < 1.29 is 14.7 Å². The molecule has 3 aromatic rings. The Morgan fingerprint density at radius 2 is 1.85 bits per heavy atom. The molecule has 1 aliphatic heterocycles. The quantitative estimate of drug-likeness (QED) is 0.751. The van der Waals surface area contributed by atoms with Gasteiger partial charge in [-0.3, -0.25) is 9.78 Å². The van der Waals surface area contributed by atoms with E-state index in [4.69, 9.17) is 0 Å². The molecule has 8 nitrogen and oxygen atoms in total. The first-order valence-corrected chi connectivity index (χ1v) is 8.53. The molecule has 1 N–H and O–H groups in total. The summed E-state index contributed by atoms with van der Waals surface area (Å²) in [6.45, 7) is 0.874. The summed E-state index contributed by atoms with van der Waals surface area (Å²) in [6, 6.07) is 7.86. The number of nitrogens with zero attached hydrogens (tertiary/aromatic N) is 5. The van der Waals surface area contributed by atoms with E-state index in [0.29, 0.717) is 18.1 Å². The molecular formula is C19H17N5O3. The number of carboxylic acid groups (broad SMARTS) is 1. The second-order valence-corrected chi connectivity index (χ2v) is 6.25. The van der Waals surface area contributed by atoms with Gasteiger partial charge in [-0.05, 0) is 23.6 Å². The number of hydrogen-bond donors (Lipinski definition) is 1. The normalized spacial score (nSPS) is 17.1. The first-order chi connectivity index (χ1) is 13.1. The van der Waals surface area contributed by atoms with Crippen LogP contribution in [0.3, 0.4) is 0 Å². The van der Waals surface area contributed by atoms with E-state index in [0.717, 1.165) is 10.8 Å².